The van der Waals surface area contributed by atoms with Gasteiger partial charge in [0.2, 0.25) is 11.6 Å². The Morgan fingerprint density at radius 1 is 0.370 bits per heavy atom. The Labute approximate surface area is 145 Å². The summed E-state index contributed by atoms with van der Waals surface area (Å²) in [7, 11) is 0. The van der Waals surface area contributed by atoms with E-state index in [1.807, 2.05) is 0 Å². The molecule has 0 aliphatic rings. The molecule has 0 saturated carbocycles. The number of rotatable bonds is 2. The third-order valence-electron chi connectivity index (χ3n) is 3.27. The van der Waals surface area contributed by atoms with Gasteiger partial charge in [-0.05, 0) is 0 Å². The van der Waals surface area contributed by atoms with Crippen LogP contribution in [0.5, 0.6) is 0 Å². The lowest BCUT2D eigenvalue weighted by Crippen LogP contribution is -2.03. The van der Waals surface area contributed by atoms with Gasteiger partial charge in [0.05, 0.1) is 11.1 Å². The summed E-state index contributed by atoms with van der Waals surface area (Å²) in [5.41, 5.74) is -3.14. The van der Waals surface area contributed by atoms with Crippen molar-refractivity contribution < 1.29 is 43.9 Å². The number of nitrogens with zero attached hydrogens (tertiary/aromatic N) is 2. The zero-order valence-corrected chi connectivity index (χ0v) is 12.9. The summed E-state index contributed by atoms with van der Waals surface area (Å²) in [6.07, 6.45) is 0. The zero-order valence-electron chi connectivity index (χ0n) is 12.1. The van der Waals surface area contributed by atoms with Crippen molar-refractivity contribution in [2.24, 2.45) is 0 Å². The summed E-state index contributed by atoms with van der Waals surface area (Å²) >= 11 is -0.152. The standard InChI is InChI=1S/C14F10N2S/c15-3-1(4(16)8(20)11(23)7(3)19)13-25-26-14(27-13)2-5(17)9(21)12(24)10(22)6(2)18. The molecule has 0 saturated heterocycles. The van der Waals surface area contributed by atoms with Crippen LogP contribution < -0.4 is 0 Å². The Morgan fingerprint density at radius 2 is 0.593 bits per heavy atom. The Hall–Kier alpha value is -2.70. The van der Waals surface area contributed by atoms with Gasteiger partial charge in [0.15, 0.2) is 56.6 Å². The maximum absolute atomic E-state index is 13.7. The number of hydrogen-bond acceptors (Lipinski definition) is 3. The van der Waals surface area contributed by atoms with Crippen LogP contribution in [0.1, 0.15) is 0 Å². The summed E-state index contributed by atoms with van der Waals surface area (Å²) in [4.78, 5) is 0. The molecule has 0 fully saturated rings. The fourth-order valence-electron chi connectivity index (χ4n) is 2.01. The van der Waals surface area contributed by atoms with Gasteiger partial charge in [-0.25, -0.2) is 43.9 Å². The molecule has 3 rings (SSSR count). The first-order valence-corrected chi connectivity index (χ1v) is 7.26. The highest BCUT2D eigenvalue weighted by Gasteiger charge is 2.31. The first-order valence-electron chi connectivity index (χ1n) is 6.45. The maximum Gasteiger partial charge on any atom is 0.200 e. The van der Waals surface area contributed by atoms with Crippen molar-refractivity contribution in [2.45, 2.75) is 0 Å². The van der Waals surface area contributed by atoms with Crippen LogP contribution in [0.2, 0.25) is 0 Å². The van der Waals surface area contributed by atoms with Gasteiger partial charge in [-0.1, -0.05) is 11.3 Å². The van der Waals surface area contributed by atoms with Gasteiger partial charge >= 0.3 is 0 Å². The fourth-order valence-corrected chi connectivity index (χ4v) is 2.92. The molecule has 1 aromatic heterocycles. The maximum atomic E-state index is 13.7. The number of aromatic nitrogens is 2. The molecule has 0 aliphatic heterocycles. The molecular weight excluding hydrogens is 418 g/mol. The van der Waals surface area contributed by atoms with Crippen LogP contribution in [0.3, 0.4) is 0 Å². The predicted molar refractivity (Wildman–Crippen MR) is 70.4 cm³/mol. The lowest BCUT2D eigenvalue weighted by atomic mass is 10.2. The Bertz CT molecular complexity index is 952. The third kappa shape index (κ3) is 2.72. The van der Waals surface area contributed by atoms with Gasteiger partial charge in [-0.2, -0.15) is 0 Å². The molecule has 0 bridgehead atoms. The second-order valence-corrected chi connectivity index (χ2v) is 5.78. The fraction of sp³-hybridized carbons (Fsp3) is 0. The predicted octanol–water partition coefficient (Wildman–Crippen LogP) is 5.26. The molecule has 0 N–H and O–H groups in total. The van der Waals surface area contributed by atoms with E-state index < -0.39 is 79.3 Å². The highest BCUT2D eigenvalue weighted by Crippen LogP contribution is 2.38. The average Bonchev–Trinajstić information content (AvgIpc) is 3.11. The summed E-state index contributed by atoms with van der Waals surface area (Å²) in [6.45, 7) is 0. The molecule has 0 aliphatic carbocycles. The smallest absolute Gasteiger partial charge is 0.200 e. The molecule has 0 atom stereocenters. The molecule has 142 valence electrons. The number of hydrogen-bond donors (Lipinski definition) is 0. The molecule has 13 heteroatoms. The van der Waals surface area contributed by atoms with Gasteiger partial charge in [0.25, 0.3) is 0 Å². The number of benzene rings is 2. The highest BCUT2D eigenvalue weighted by atomic mass is 32.1. The van der Waals surface area contributed by atoms with Gasteiger partial charge in [0, 0.05) is 0 Å². The van der Waals surface area contributed by atoms with E-state index in [1.54, 1.807) is 0 Å². The van der Waals surface area contributed by atoms with Gasteiger partial charge in [-0.15, -0.1) is 10.2 Å². The van der Waals surface area contributed by atoms with Crippen molar-refractivity contribution in [1.29, 1.82) is 0 Å². The van der Waals surface area contributed by atoms with Gasteiger partial charge in [0.1, 0.15) is 0 Å². The molecule has 0 spiro atoms. The van der Waals surface area contributed by atoms with Crippen molar-refractivity contribution in [3.8, 4) is 21.1 Å². The number of halogens is 10. The SMILES string of the molecule is Fc1c(F)c(F)c(-c2nnc(-c3c(F)c(F)c(F)c(F)c3F)s2)c(F)c1F. The minimum Gasteiger partial charge on any atom is -0.203 e. The quantitative estimate of drug-likeness (QED) is 0.322. The van der Waals surface area contributed by atoms with E-state index in [2.05, 4.69) is 10.2 Å². The average molecular weight is 418 g/mol. The van der Waals surface area contributed by atoms with Crippen LogP contribution in [0.25, 0.3) is 21.1 Å². The van der Waals surface area contributed by atoms with Crippen LogP contribution in [0, 0.1) is 58.2 Å². The highest BCUT2D eigenvalue weighted by molar-refractivity contribution is 7.17. The molecule has 27 heavy (non-hydrogen) atoms. The van der Waals surface area contributed by atoms with Crippen molar-refractivity contribution in [1.82, 2.24) is 10.2 Å². The molecule has 2 aromatic carbocycles. The lowest BCUT2D eigenvalue weighted by molar-refractivity contribution is 0.381. The molecule has 1 heterocycles. The molecular formula is C14F10N2S. The third-order valence-corrected chi connectivity index (χ3v) is 4.23. The second-order valence-electron chi connectivity index (χ2n) is 4.80. The zero-order chi connectivity index (χ0) is 20.2. The van der Waals surface area contributed by atoms with Gasteiger partial charge < -0.3 is 0 Å². The molecule has 0 amide bonds. The van der Waals surface area contributed by atoms with Crippen LogP contribution in [-0.4, -0.2) is 10.2 Å². The summed E-state index contributed by atoms with van der Waals surface area (Å²) < 4.78 is 134. The largest absolute Gasteiger partial charge is 0.203 e. The monoisotopic (exact) mass is 418 g/mol. The first kappa shape index (κ1) is 19.1. The summed E-state index contributed by atoms with van der Waals surface area (Å²) in [6, 6.07) is 0. The molecule has 0 radical (unpaired) electrons. The van der Waals surface area contributed by atoms with Crippen molar-refractivity contribution in [3.63, 3.8) is 0 Å². The van der Waals surface area contributed by atoms with Crippen LogP contribution >= 0.6 is 11.3 Å². The van der Waals surface area contributed by atoms with Crippen molar-refractivity contribution in [2.75, 3.05) is 0 Å². The molecule has 0 unspecified atom stereocenters. The summed E-state index contributed by atoms with van der Waals surface area (Å²) in [5.74, 6) is -23.5. The van der Waals surface area contributed by atoms with E-state index >= 15 is 0 Å². The minimum absolute atomic E-state index is 0.152. The van der Waals surface area contributed by atoms with E-state index in [4.69, 9.17) is 0 Å². The summed E-state index contributed by atoms with van der Waals surface area (Å²) in [5, 5.41) is 3.96. The Balaban J connectivity index is 2.25. The Kier molecular flexibility index (Phi) is 4.57. The van der Waals surface area contributed by atoms with E-state index in [0.29, 0.717) is 0 Å². The van der Waals surface area contributed by atoms with Crippen LogP contribution in [0.4, 0.5) is 43.9 Å². The van der Waals surface area contributed by atoms with E-state index in [-0.39, 0.29) is 11.3 Å². The van der Waals surface area contributed by atoms with E-state index in [0.717, 1.165) is 0 Å². The van der Waals surface area contributed by atoms with Gasteiger partial charge in [-0.3, -0.25) is 0 Å². The normalized spacial score (nSPS) is 11.3. The molecule has 3 aromatic rings. The van der Waals surface area contributed by atoms with Crippen LogP contribution in [-0.2, 0) is 0 Å². The van der Waals surface area contributed by atoms with Crippen LogP contribution in [0.15, 0.2) is 0 Å². The second kappa shape index (κ2) is 6.48. The van der Waals surface area contributed by atoms with E-state index in [9.17, 15) is 43.9 Å². The molecule has 2 nitrogen and oxygen atoms in total. The van der Waals surface area contributed by atoms with Crippen molar-refractivity contribution >= 4 is 11.3 Å². The Morgan fingerprint density at radius 3 is 0.852 bits per heavy atom. The minimum atomic E-state index is -2.46. The van der Waals surface area contributed by atoms with Crippen molar-refractivity contribution in [3.05, 3.63) is 58.2 Å². The lowest BCUT2D eigenvalue weighted by Gasteiger charge is -2.05. The first-order chi connectivity index (χ1) is 12.6. The van der Waals surface area contributed by atoms with E-state index in [1.165, 1.54) is 0 Å². The topological polar surface area (TPSA) is 25.8 Å².